The molecule has 28 heavy (non-hydrogen) atoms. The molecular formula is C19H26N4O3S2. The summed E-state index contributed by atoms with van der Waals surface area (Å²) < 4.78 is 5.33. The zero-order chi connectivity index (χ0) is 19.3. The van der Waals surface area contributed by atoms with Crippen LogP contribution in [0.3, 0.4) is 0 Å². The molecule has 4 aliphatic rings. The third-order valence-corrected chi connectivity index (χ3v) is 7.45. The van der Waals surface area contributed by atoms with Crippen LogP contribution in [0.1, 0.15) is 32.1 Å². The van der Waals surface area contributed by atoms with Crippen LogP contribution >= 0.6 is 23.5 Å². The van der Waals surface area contributed by atoms with E-state index in [2.05, 4.69) is 20.2 Å². The average Bonchev–Trinajstić information content (AvgIpc) is 3.09. The van der Waals surface area contributed by atoms with E-state index in [1.807, 2.05) is 0 Å². The first-order chi connectivity index (χ1) is 13.7. The molecule has 1 aliphatic carbocycles. The molecule has 0 aromatic carbocycles. The van der Waals surface area contributed by atoms with Crippen molar-refractivity contribution >= 4 is 45.5 Å². The Morgan fingerprint density at radius 1 is 1.25 bits per heavy atom. The highest BCUT2D eigenvalue weighted by Crippen LogP contribution is 2.47. The van der Waals surface area contributed by atoms with Crippen molar-refractivity contribution in [3.8, 4) is 0 Å². The second-order valence-electron chi connectivity index (χ2n) is 7.32. The smallest absolute Gasteiger partial charge is 0.262 e. The van der Waals surface area contributed by atoms with Crippen molar-refractivity contribution in [1.29, 1.82) is 0 Å². The molecule has 0 aromatic heterocycles. The maximum atomic E-state index is 12.5. The van der Waals surface area contributed by atoms with Gasteiger partial charge in [0.1, 0.15) is 5.92 Å². The fourth-order valence-electron chi connectivity index (χ4n) is 3.88. The van der Waals surface area contributed by atoms with Crippen LogP contribution in [0.2, 0.25) is 0 Å². The number of aliphatic imine (C=N–C) groups is 2. The van der Waals surface area contributed by atoms with Gasteiger partial charge in [-0.05, 0) is 49.1 Å². The highest BCUT2D eigenvalue weighted by atomic mass is 32.2. The van der Waals surface area contributed by atoms with Gasteiger partial charge >= 0.3 is 0 Å². The van der Waals surface area contributed by atoms with Crippen LogP contribution < -0.4 is 5.32 Å². The molecule has 3 heterocycles. The van der Waals surface area contributed by atoms with Crippen LogP contribution in [0.4, 0.5) is 0 Å². The average molecular weight is 423 g/mol. The van der Waals surface area contributed by atoms with E-state index in [0.717, 1.165) is 63.6 Å². The van der Waals surface area contributed by atoms with Crippen LogP contribution in [0.5, 0.6) is 0 Å². The van der Waals surface area contributed by atoms with Crippen molar-refractivity contribution in [1.82, 2.24) is 10.2 Å². The lowest BCUT2D eigenvalue weighted by Crippen LogP contribution is -2.38. The van der Waals surface area contributed by atoms with E-state index in [9.17, 15) is 9.59 Å². The molecule has 7 nitrogen and oxygen atoms in total. The second-order valence-corrected chi connectivity index (χ2v) is 9.38. The van der Waals surface area contributed by atoms with Gasteiger partial charge in [-0.1, -0.05) is 23.5 Å². The normalized spacial score (nSPS) is 25.1. The Morgan fingerprint density at radius 2 is 2.07 bits per heavy atom. The molecule has 0 aromatic rings. The van der Waals surface area contributed by atoms with E-state index >= 15 is 0 Å². The Bertz CT molecular complexity index is 729. The Morgan fingerprint density at radius 3 is 2.93 bits per heavy atom. The molecule has 1 unspecified atom stereocenters. The Kier molecular flexibility index (Phi) is 6.87. The number of nitrogens with one attached hydrogen (secondary N) is 1. The first kappa shape index (κ1) is 20.1. The number of carbonyl (C=O) groups is 2. The maximum Gasteiger partial charge on any atom is 0.262 e. The molecule has 2 amide bonds. The summed E-state index contributed by atoms with van der Waals surface area (Å²) in [5.41, 5.74) is 1.24. The predicted octanol–water partition coefficient (Wildman–Crippen LogP) is 2.04. The van der Waals surface area contributed by atoms with Gasteiger partial charge in [-0.3, -0.25) is 14.5 Å². The number of amides is 2. The number of morpholine rings is 1. The van der Waals surface area contributed by atoms with Gasteiger partial charge in [0, 0.05) is 19.6 Å². The fourth-order valence-corrected chi connectivity index (χ4v) is 5.96. The monoisotopic (exact) mass is 422 g/mol. The number of amidine groups is 1. The number of allylic oxidation sites excluding steroid dienone is 1. The fraction of sp³-hybridized carbons (Fsp3) is 0.684. The Balaban J connectivity index is 1.19. The van der Waals surface area contributed by atoms with Gasteiger partial charge in [0.2, 0.25) is 5.91 Å². The van der Waals surface area contributed by atoms with Crippen LogP contribution in [-0.2, 0) is 14.3 Å². The number of thioether (sulfide) groups is 2. The molecular weight excluding hydrogens is 396 g/mol. The first-order valence-corrected chi connectivity index (χ1v) is 11.8. The minimum atomic E-state index is -0.237. The molecule has 1 N–H and O–H groups in total. The molecule has 0 bridgehead atoms. The van der Waals surface area contributed by atoms with Gasteiger partial charge in [0.25, 0.3) is 5.91 Å². The number of nitrogens with zero attached hydrogens (tertiary/aromatic N) is 3. The summed E-state index contributed by atoms with van der Waals surface area (Å²) in [6.45, 7) is 5.16. The zero-order valence-electron chi connectivity index (χ0n) is 15.9. The predicted molar refractivity (Wildman–Crippen MR) is 114 cm³/mol. The number of ether oxygens (including phenoxy) is 1. The van der Waals surface area contributed by atoms with Crippen molar-refractivity contribution < 1.29 is 14.3 Å². The van der Waals surface area contributed by atoms with E-state index in [1.165, 1.54) is 28.7 Å². The van der Waals surface area contributed by atoms with Crippen molar-refractivity contribution in [2.45, 2.75) is 32.1 Å². The number of rotatable bonds is 6. The van der Waals surface area contributed by atoms with Crippen molar-refractivity contribution in [2.24, 2.45) is 15.9 Å². The second kappa shape index (κ2) is 9.56. The van der Waals surface area contributed by atoms with Gasteiger partial charge < -0.3 is 10.1 Å². The molecule has 0 radical (unpaired) electrons. The van der Waals surface area contributed by atoms with Crippen molar-refractivity contribution in [2.75, 3.05) is 45.1 Å². The maximum absolute atomic E-state index is 12.5. The molecule has 0 spiro atoms. The Labute approximate surface area is 173 Å². The third-order valence-electron chi connectivity index (χ3n) is 5.35. The summed E-state index contributed by atoms with van der Waals surface area (Å²) in [7, 11) is 0. The number of carbonyl (C=O) groups excluding carboxylic acids is 2. The number of hydrogen-bond acceptors (Lipinski definition) is 7. The van der Waals surface area contributed by atoms with Gasteiger partial charge in [0.05, 0.1) is 24.0 Å². The van der Waals surface area contributed by atoms with Gasteiger partial charge in [0.15, 0.2) is 5.17 Å². The quantitative estimate of drug-likeness (QED) is 0.660. The molecule has 0 saturated carbocycles. The zero-order valence-corrected chi connectivity index (χ0v) is 17.6. The molecule has 9 heteroatoms. The molecule has 1 fully saturated rings. The third kappa shape index (κ3) is 4.87. The Hall–Kier alpha value is -1.16. The molecule has 152 valence electrons. The van der Waals surface area contributed by atoms with E-state index in [0.29, 0.717) is 11.7 Å². The highest BCUT2D eigenvalue weighted by Gasteiger charge is 2.40. The summed E-state index contributed by atoms with van der Waals surface area (Å²) in [4.78, 5) is 37.0. The van der Waals surface area contributed by atoms with Gasteiger partial charge in [-0.2, -0.15) is 4.99 Å². The number of fused-ring (bicyclic) bond motifs is 2. The first-order valence-electron chi connectivity index (χ1n) is 10.0. The van der Waals surface area contributed by atoms with Crippen LogP contribution in [-0.4, -0.2) is 72.1 Å². The molecule has 1 atom stereocenters. The van der Waals surface area contributed by atoms with Gasteiger partial charge in [-0.15, -0.1) is 0 Å². The van der Waals surface area contributed by atoms with Crippen LogP contribution in [0, 0.1) is 5.92 Å². The van der Waals surface area contributed by atoms with Gasteiger partial charge in [-0.25, -0.2) is 4.99 Å². The highest BCUT2D eigenvalue weighted by molar-refractivity contribution is 8.18. The lowest BCUT2D eigenvalue weighted by atomic mass is 9.89. The summed E-state index contributed by atoms with van der Waals surface area (Å²) in [5.74, 6) is -0.152. The van der Waals surface area contributed by atoms with E-state index in [-0.39, 0.29) is 23.5 Å². The minimum Gasteiger partial charge on any atom is -0.379 e. The largest absolute Gasteiger partial charge is 0.379 e. The molecule has 4 rings (SSSR count). The van der Waals surface area contributed by atoms with E-state index in [1.54, 1.807) is 11.8 Å². The summed E-state index contributed by atoms with van der Waals surface area (Å²) in [6, 6.07) is 0. The standard InChI is InChI=1S/C19H26N4O3S2/c24-15(20-6-3-7-23-8-10-26-11-9-23)12-27-19-21-17(25)16-13-4-1-2-5-14(13)28-18(16)22-19/h16H,1-12H2,(H,20,24). The number of hydrogen-bond donors (Lipinski definition) is 1. The lowest BCUT2D eigenvalue weighted by Gasteiger charge is -2.26. The van der Waals surface area contributed by atoms with E-state index in [4.69, 9.17) is 4.74 Å². The van der Waals surface area contributed by atoms with Crippen LogP contribution in [0.25, 0.3) is 0 Å². The van der Waals surface area contributed by atoms with Crippen molar-refractivity contribution in [3.63, 3.8) is 0 Å². The minimum absolute atomic E-state index is 0.0408. The summed E-state index contributed by atoms with van der Waals surface area (Å²) in [5, 5.41) is 4.23. The topological polar surface area (TPSA) is 83.4 Å². The van der Waals surface area contributed by atoms with Crippen LogP contribution in [0.15, 0.2) is 20.5 Å². The van der Waals surface area contributed by atoms with E-state index < -0.39 is 0 Å². The molecule has 3 aliphatic heterocycles. The van der Waals surface area contributed by atoms with Crippen molar-refractivity contribution in [3.05, 3.63) is 10.5 Å². The summed E-state index contributed by atoms with van der Waals surface area (Å²) >= 11 is 2.90. The summed E-state index contributed by atoms with van der Waals surface area (Å²) in [6.07, 6.45) is 5.30. The lowest BCUT2D eigenvalue weighted by molar-refractivity contribution is -0.119. The molecule has 1 saturated heterocycles. The SMILES string of the molecule is O=C(CSC1=NC(=O)C2C(=N1)SC1=C2CCCC1)NCCCN1CCOCC1.